The fraction of sp³-hybridized carbons (Fsp3) is 0.0556. The normalized spacial score (nSPS) is 20.0. The first kappa shape index (κ1) is 31.9. The predicted molar refractivity (Wildman–Crippen MR) is 167 cm³/mol. The second kappa shape index (κ2) is 12.0. The van der Waals surface area contributed by atoms with E-state index in [4.69, 9.17) is 34.8 Å². The highest BCUT2D eigenvalue weighted by Crippen LogP contribution is 2.68. The molecule has 0 aliphatic heterocycles. The summed E-state index contributed by atoms with van der Waals surface area (Å²) in [5.74, 6) is -6.88. The third-order valence-corrected chi connectivity index (χ3v) is 8.76. The topological polar surface area (TPSA) is 0 Å². The molecule has 1 aliphatic rings. The third-order valence-electron chi connectivity index (χ3n) is 7.81. The van der Waals surface area contributed by atoms with E-state index in [1.165, 1.54) is 60.7 Å². The van der Waals surface area contributed by atoms with Crippen LogP contribution in [0.1, 0.15) is 27.8 Å². The Balaban J connectivity index is 1.94. The van der Waals surface area contributed by atoms with Crippen molar-refractivity contribution in [3.8, 4) is 0 Å². The van der Waals surface area contributed by atoms with E-state index in [0.29, 0.717) is 12.1 Å². The Kier molecular flexibility index (Phi) is 8.30. The molecular weight excluding hydrogens is 672 g/mol. The van der Waals surface area contributed by atoms with Crippen molar-refractivity contribution < 1.29 is 30.7 Å². The number of allylic oxidation sites excluding steroid dienone is 4. The molecule has 46 heavy (non-hydrogen) atoms. The molecule has 2 atom stereocenters. The molecule has 0 amide bonds. The largest absolute Gasteiger partial charge is 0.229 e. The zero-order valence-electron chi connectivity index (χ0n) is 23.2. The van der Waals surface area contributed by atoms with E-state index in [2.05, 4.69) is 0 Å². The molecule has 0 spiro atoms. The second-order valence-electron chi connectivity index (χ2n) is 10.5. The van der Waals surface area contributed by atoms with Crippen LogP contribution in [-0.4, -0.2) is 0 Å². The minimum atomic E-state index is -3.63. The Morgan fingerprint density at radius 1 is 0.500 bits per heavy atom. The van der Waals surface area contributed by atoms with Crippen LogP contribution >= 0.6 is 34.8 Å². The summed E-state index contributed by atoms with van der Waals surface area (Å²) < 4.78 is 113. The maximum atomic E-state index is 19.2. The van der Waals surface area contributed by atoms with Gasteiger partial charge in [-0.15, -0.1) is 0 Å². The molecule has 0 aromatic heterocycles. The summed E-state index contributed by atoms with van der Waals surface area (Å²) in [5, 5.41) is -1.10. The zero-order valence-corrected chi connectivity index (χ0v) is 25.4. The highest BCUT2D eigenvalue weighted by atomic mass is 35.5. The average molecular weight is 690 g/mol. The summed E-state index contributed by atoms with van der Waals surface area (Å²) in [6.45, 7) is 0. The molecule has 10 heteroatoms. The fourth-order valence-corrected chi connectivity index (χ4v) is 6.84. The van der Waals surface area contributed by atoms with Crippen LogP contribution in [0.15, 0.2) is 114 Å². The summed E-state index contributed by atoms with van der Waals surface area (Å²) in [5.41, 5.74) is -11.4. The molecule has 0 bridgehead atoms. The predicted octanol–water partition coefficient (Wildman–Crippen LogP) is 12.0. The number of hydrogen-bond donors (Lipinski definition) is 0. The maximum absolute atomic E-state index is 19.2. The smallest absolute Gasteiger partial charge is 0.206 e. The van der Waals surface area contributed by atoms with Gasteiger partial charge in [0, 0.05) is 50.0 Å². The highest BCUT2D eigenvalue weighted by Gasteiger charge is 2.65. The second-order valence-corrected chi connectivity index (χ2v) is 11.7. The Morgan fingerprint density at radius 2 is 1.13 bits per heavy atom. The Labute approximate surface area is 274 Å². The van der Waals surface area contributed by atoms with Crippen molar-refractivity contribution >= 4 is 51.5 Å². The third kappa shape index (κ3) is 5.02. The van der Waals surface area contributed by atoms with Gasteiger partial charge in [-0.3, -0.25) is 0 Å². The number of hydrogen-bond acceptors (Lipinski definition) is 0. The molecule has 2 unspecified atom stereocenters. The van der Waals surface area contributed by atoms with Crippen LogP contribution in [0.4, 0.5) is 30.7 Å². The van der Waals surface area contributed by atoms with E-state index in [1.807, 2.05) is 0 Å². The van der Waals surface area contributed by atoms with Crippen LogP contribution < -0.4 is 0 Å². The molecule has 232 valence electrons. The molecule has 6 rings (SSSR count). The van der Waals surface area contributed by atoms with E-state index in [1.54, 1.807) is 6.07 Å². The van der Waals surface area contributed by atoms with Gasteiger partial charge in [-0.2, -0.15) is 0 Å². The van der Waals surface area contributed by atoms with Crippen molar-refractivity contribution in [2.75, 3.05) is 0 Å². The van der Waals surface area contributed by atoms with Gasteiger partial charge in [-0.05, 0) is 53.1 Å². The van der Waals surface area contributed by atoms with Gasteiger partial charge < -0.3 is 0 Å². The van der Waals surface area contributed by atoms with Crippen molar-refractivity contribution in [3.63, 3.8) is 0 Å². The molecule has 5 aromatic carbocycles. The molecular formula is C36H18Cl3F7. The standard InChI is InChI=1S/C36H18Cl3F7/c37-22-10-6-9-21(15-22)35(45)32(19-7-2-1-3-8-19)31(20-13-23(40)16-24(41)14-20)34(39)33(25-17-29(43)30(44)18-28(25)42)36(35,46)26-11-4-5-12-27(26)38/h1-18H. The average Bonchev–Trinajstić information content (AvgIpc) is 3.01. The van der Waals surface area contributed by atoms with E-state index in [-0.39, 0.29) is 27.2 Å². The molecule has 0 saturated carbocycles. The SMILES string of the molecule is Fc1cc(F)cc(C2=C(c3ccccc3)C(F)(c3cccc(Cl)c3)C(F)(c3ccccc3Cl)C(c3cc(F)c(F)cc3F)=C2Cl)c1. The zero-order chi connectivity index (χ0) is 33.0. The van der Waals surface area contributed by atoms with Gasteiger partial charge >= 0.3 is 0 Å². The van der Waals surface area contributed by atoms with Gasteiger partial charge in [0.05, 0.1) is 5.03 Å². The first-order valence-corrected chi connectivity index (χ1v) is 14.7. The number of rotatable bonds is 5. The molecule has 0 fully saturated rings. The van der Waals surface area contributed by atoms with Crippen LogP contribution in [0.3, 0.4) is 0 Å². The molecule has 1 aliphatic carbocycles. The Morgan fingerprint density at radius 3 is 1.78 bits per heavy atom. The van der Waals surface area contributed by atoms with Gasteiger partial charge in [0.1, 0.15) is 17.5 Å². The first-order chi connectivity index (χ1) is 21.9. The lowest BCUT2D eigenvalue weighted by Gasteiger charge is -2.48. The van der Waals surface area contributed by atoms with Gasteiger partial charge in [0.15, 0.2) is 11.6 Å². The highest BCUT2D eigenvalue weighted by molar-refractivity contribution is 6.43. The number of alkyl halides is 2. The van der Waals surface area contributed by atoms with E-state index < -0.39 is 78.9 Å². The van der Waals surface area contributed by atoms with E-state index >= 15 is 13.2 Å². The summed E-state index contributed by atoms with van der Waals surface area (Å²) in [7, 11) is 0. The lowest BCUT2D eigenvalue weighted by Crippen LogP contribution is -2.48. The monoisotopic (exact) mass is 688 g/mol. The maximum Gasteiger partial charge on any atom is 0.206 e. The summed E-state index contributed by atoms with van der Waals surface area (Å²) in [6, 6.07) is 20.5. The lowest BCUT2D eigenvalue weighted by atomic mass is 9.61. The fourth-order valence-electron chi connectivity index (χ4n) is 5.94. The van der Waals surface area contributed by atoms with Gasteiger partial charge in [-0.25, -0.2) is 30.7 Å². The van der Waals surface area contributed by atoms with Crippen molar-refractivity contribution in [2.45, 2.75) is 11.3 Å². The van der Waals surface area contributed by atoms with E-state index in [0.717, 1.165) is 24.3 Å². The number of benzene rings is 5. The minimum absolute atomic E-state index is 0.0154. The lowest BCUT2D eigenvalue weighted by molar-refractivity contribution is 0.0424. The molecule has 0 radical (unpaired) electrons. The summed E-state index contributed by atoms with van der Waals surface area (Å²) in [4.78, 5) is 0. The Hall–Kier alpha value is -4.04. The number of halogens is 10. The van der Waals surface area contributed by atoms with Crippen LogP contribution in [0.5, 0.6) is 0 Å². The van der Waals surface area contributed by atoms with Crippen molar-refractivity contribution in [2.24, 2.45) is 0 Å². The van der Waals surface area contributed by atoms with Crippen molar-refractivity contribution in [3.05, 3.63) is 181 Å². The van der Waals surface area contributed by atoms with Crippen molar-refractivity contribution in [1.29, 1.82) is 0 Å². The molecule has 5 aromatic rings. The molecule has 0 heterocycles. The van der Waals surface area contributed by atoms with Gasteiger partial charge in [0.25, 0.3) is 0 Å². The summed E-state index contributed by atoms with van der Waals surface area (Å²) in [6.07, 6.45) is 0. The minimum Gasteiger partial charge on any atom is -0.229 e. The quantitative estimate of drug-likeness (QED) is 0.127. The van der Waals surface area contributed by atoms with Crippen molar-refractivity contribution in [1.82, 2.24) is 0 Å². The molecule has 0 nitrogen and oxygen atoms in total. The van der Waals surface area contributed by atoms with E-state index in [9.17, 15) is 17.6 Å². The van der Waals surface area contributed by atoms with Crippen LogP contribution in [0.25, 0.3) is 16.7 Å². The molecule has 0 N–H and O–H groups in total. The van der Waals surface area contributed by atoms with Crippen LogP contribution in [-0.2, 0) is 11.3 Å². The van der Waals surface area contributed by atoms with Gasteiger partial charge in [0.2, 0.25) is 11.3 Å². The first-order valence-electron chi connectivity index (χ1n) is 13.6. The Bertz CT molecular complexity index is 2060. The summed E-state index contributed by atoms with van der Waals surface area (Å²) >= 11 is 19.8. The van der Waals surface area contributed by atoms with Crippen LogP contribution in [0.2, 0.25) is 10.0 Å². The molecule has 0 saturated heterocycles. The van der Waals surface area contributed by atoms with Crippen LogP contribution in [0, 0.1) is 29.1 Å². The van der Waals surface area contributed by atoms with Gasteiger partial charge in [-0.1, -0.05) is 95.5 Å².